The van der Waals surface area contributed by atoms with Crippen LogP contribution in [-0.2, 0) is 24.9 Å². The van der Waals surface area contributed by atoms with Gasteiger partial charge in [0.05, 0.1) is 5.60 Å². The number of aliphatic hydroxyl groups is 1. The maximum atomic E-state index is 11.4. The minimum Gasteiger partial charge on any atom is -0.489 e. The summed E-state index contributed by atoms with van der Waals surface area (Å²) in [5.41, 5.74) is 6.04. The highest BCUT2D eigenvalue weighted by Crippen LogP contribution is 2.55. The molecule has 2 aromatic carbocycles. The van der Waals surface area contributed by atoms with E-state index >= 15 is 0 Å². The highest BCUT2D eigenvalue weighted by atomic mass is 16.5. The zero-order valence-corrected chi connectivity index (χ0v) is 20.6. The van der Waals surface area contributed by atoms with Crippen LogP contribution in [0.4, 0.5) is 0 Å². The zero-order chi connectivity index (χ0) is 23.6. The number of hydrogen-bond acceptors (Lipinski definition) is 3. The Kier molecular flexibility index (Phi) is 6.48. The van der Waals surface area contributed by atoms with Crippen molar-refractivity contribution in [2.75, 3.05) is 0 Å². The molecule has 3 heteroatoms. The zero-order valence-electron chi connectivity index (χ0n) is 20.6. The van der Waals surface area contributed by atoms with Gasteiger partial charge in [-0.1, -0.05) is 55.8 Å². The lowest BCUT2D eigenvalue weighted by Crippen LogP contribution is -2.51. The van der Waals surface area contributed by atoms with Crippen LogP contribution in [0.5, 0.6) is 5.75 Å². The molecule has 1 heterocycles. The molecule has 0 aliphatic heterocycles. The molecule has 5 rings (SSSR count). The summed E-state index contributed by atoms with van der Waals surface area (Å²) < 4.78 is 6.21. The van der Waals surface area contributed by atoms with Crippen molar-refractivity contribution in [1.82, 2.24) is 4.98 Å². The van der Waals surface area contributed by atoms with Crippen LogP contribution in [0.2, 0.25) is 0 Å². The van der Waals surface area contributed by atoms with E-state index in [0.29, 0.717) is 12.5 Å². The summed E-state index contributed by atoms with van der Waals surface area (Å²) in [5, 5.41) is 11.4. The quantitative estimate of drug-likeness (QED) is 0.430. The molecule has 0 spiro atoms. The van der Waals surface area contributed by atoms with Crippen molar-refractivity contribution >= 4 is 0 Å². The highest BCUT2D eigenvalue weighted by Gasteiger charge is 2.51. The Labute approximate surface area is 204 Å². The highest BCUT2D eigenvalue weighted by molar-refractivity contribution is 5.45. The molecule has 0 bridgehead atoms. The molecule has 0 radical (unpaired) electrons. The Balaban J connectivity index is 1.45. The van der Waals surface area contributed by atoms with Gasteiger partial charge in [-0.2, -0.15) is 0 Å². The molecule has 3 atom stereocenters. The van der Waals surface area contributed by atoms with Crippen molar-refractivity contribution in [2.24, 2.45) is 5.92 Å². The molecule has 0 unspecified atom stereocenters. The fraction of sp³-hybridized carbons (Fsp3) is 0.452. The number of pyridine rings is 1. The number of nitrogens with zero attached hydrogens (tertiary/aromatic N) is 1. The number of aryl methyl sites for hydroxylation is 2. The number of aromatic nitrogens is 1. The van der Waals surface area contributed by atoms with E-state index in [1.54, 1.807) is 0 Å². The summed E-state index contributed by atoms with van der Waals surface area (Å²) in [4.78, 5) is 4.38. The summed E-state index contributed by atoms with van der Waals surface area (Å²) >= 11 is 0. The minimum atomic E-state index is -0.498. The molecule has 1 fully saturated rings. The smallest absolute Gasteiger partial charge is 0.120 e. The summed E-state index contributed by atoms with van der Waals surface area (Å²) in [6.07, 6.45) is 9.88. The van der Waals surface area contributed by atoms with E-state index in [2.05, 4.69) is 66.5 Å². The second kappa shape index (κ2) is 9.54. The van der Waals surface area contributed by atoms with Crippen LogP contribution >= 0.6 is 0 Å². The number of hydrogen-bond donors (Lipinski definition) is 1. The van der Waals surface area contributed by atoms with Crippen LogP contribution in [0.1, 0.15) is 73.4 Å². The van der Waals surface area contributed by atoms with Gasteiger partial charge in [-0.25, -0.2) is 0 Å². The molecule has 34 heavy (non-hydrogen) atoms. The third-order valence-corrected chi connectivity index (χ3v) is 8.41. The molecule has 2 aliphatic rings. The molecule has 1 N–H and O–H groups in total. The third kappa shape index (κ3) is 4.51. The van der Waals surface area contributed by atoms with Crippen LogP contribution in [0, 0.1) is 12.8 Å². The normalized spacial score (nSPS) is 25.9. The summed E-state index contributed by atoms with van der Waals surface area (Å²) in [7, 11) is 0. The van der Waals surface area contributed by atoms with Crippen LogP contribution in [-0.4, -0.2) is 15.7 Å². The molecule has 3 aromatic rings. The molecular weight excluding hydrogens is 418 g/mol. The van der Waals surface area contributed by atoms with Gasteiger partial charge >= 0.3 is 0 Å². The van der Waals surface area contributed by atoms with Gasteiger partial charge in [0.2, 0.25) is 0 Å². The van der Waals surface area contributed by atoms with Crippen molar-refractivity contribution < 1.29 is 9.84 Å². The molecule has 0 saturated heterocycles. The fourth-order valence-electron chi connectivity index (χ4n) is 6.64. The Morgan fingerprint density at radius 1 is 1.06 bits per heavy atom. The van der Waals surface area contributed by atoms with Gasteiger partial charge in [0.1, 0.15) is 12.4 Å². The Hall–Kier alpha value is -2.65. The van der Waals surface area contributed by atoms with Crippen LogP contribution in [0.25, 0.3) is 0 Å². The number of ether oxygens (including phenoxy) is 1. The van der Waals surface area contributed by atoms with Gasteiger partial charge in [-0.15, -0.1) is 0 Å². The Morgan fingerprint density at radius 3 is 2.71 bits per heavy atom. The first-order valence-corrected chi connectivity index (χ1v) is 12.9. The van der Waals surface area contributed by atoms with Crippen molar-refractivity contribution in [3.05, 3.63) is 94.8 Å². The van der Waals surface area contributed by atoms with Crippen molar-refractivity contribution in [3.8, 4) is 5.75 Å². The summed E-state index contributed by atoms with van der Waals surface area (Å²) in [6.45, 7) is 4.76. The second-order valence-electron chi connectivity index (χ2n) is 10.6. The van der Waals surface area contributed by atoms with Gasteiger partial charge in [0.15, 0.2) is 0 Å². The minimum absolute atomic E-state index is 0.0907. The van der Waals surface area contributed by atoms with Crippen molar-refractivity contribution in [1.29, 1.82) is 0 Å². The average Bonchev–Trinajstić information content (AvgIpc) is 2.84. The molecule has 0 amide bonds. The molecule has 2 aliphatic carbocycles. The van der Waals surface area contributed by atoms with E-state index in [-0.39, 0.29) is 5.41 Å². The van der Waals surface area contributed by atoms with Gasteiger partial charge in [-0.3, -0.25) is 4.98 Å². The fourth-order valence-corrected chi connectivity index (χ4v) is 6.64. The standard InChI is InChI=1S/C31H37NO2/c1-3-15-30(33)16-17-31(20-24-8-5-4-6-9-24)27(21-30)12-11-25-19-28(13-14-29(25)31)34-22-26-10-7-18-32-23(26)2/h4-10,13-14,18-19,27,33H,3,11-12,15-17,20-22H2,1-2H3/t27-,30-,31+/m1/s1. The topological polar surface area (TPSA) is 42.4 Å². The number of benzene rings is 2. The Bertz CT molecular complexity index is 1130. The van der Waals surface area contributed by atoms with Gasteiger partial charge in [-0.05, 0) is 92.7 Å². The van der Waals surface area contributed by atoms with Crippen molar-refractivity contribution in [3.63, 3.8) is 0 Å². The first-order chi connectivity index (χ1) is 16.5. The maximum absolute atomic E-state index is 11.4. The molecule has 178 valence electrons. The molecule has 1 saturated carbocycles. The molecule has 1 aromatic heterocycles. The third-order valence-electron chi connectivity index (χ3n) is 8.41. The van der Waals surface area contributed by atoms with Crippen LogP contribution in [0.15, 0.2) is 66.9 Å². The van der Waals surface area contributed by atoms with E-state index in [0.717, 1.165) is 68.4 Å². The van der Waals surface area contributed by atoms with Crippen LogP contribution in [0.3, 0.4) is 0 Å². The lowest BCUT2D eigenvalue weighted by atomic mass is 9.52. The predicted molar refractivity (Wildman–Crippen MR) is 137 cm³/mol. The van der Waals surface area contributed by atoms with Gasteiger partial charge < -0.3 is 9.84 Å². The van der Waals surface area contributed by atoms with Gasteiger partial charge in [0.25, 0.3) is 0 Å². The number of rotatable bonds is 7. The molecular formula is C31H37NO2. The second-order valence-corrected chi connectivity index (χ2v) is 10.6. The molecule has 3 nitrogen and oxygen atoms in total. The van der Waals surface area contributed by atoms with Crippen molar-refractivity contribution in [2.45, 2.75) is 82.8 Å². The van der Waals surface area contributed by atoms with E-state index in [4.69, 9.17) is 4.74 Å². The SMILES string of the molecule is CCC[C@@]1(O)CC[C@@]2(Cc3ccccc3)c3ccc(OCc4cccnc4C)cc3CC[C@@H]2C1. The van der Waals surface area contributed by atoms with E-state index in [1.165, 1.54) is 16.7 Å². The maximum Gasteiger partial charge on any atom is 0.120 e. The summed E-state index contributed by atoms with van der Waals surface area (Å²) in [5.74, 6) is 1.45. The Morgan fingerprint density at radius 2 is 1.91 bits per heavy atom. The first kappa shape index (κ1) is 23.1. The monoisotopic (exact) mass is 455 g/mol. The van der Waals surface area contributed by atoms with E-state index in [9.17, 15) is 5.11 Å². The van der Waals surface area contributed by atoms with Gasteiger partial charge in [0, 0.05) is 22.9 Å². The van der Waals surface area contributed by atoms with E-state index in [1.807, 2.05) is 19.2 Å². The average molecular weight is 456 g/mol. The largest absolute Gasteiger partial charge is 0.489 e. The lowest BCUT2D eigenvalue weighted by molar-refractivity contribution is -0.0565. The predicted octanol–water partition coefficient (Wildman–Crippen LogP) is 6.73. The first-order valence-electron chi connectivity index (χ1n) is 12.9. The van der Waals surface area contributed by atoms with Crippen LogP contribution < -0.4 is 4.74 Å². The van der Waals surface area contributed by atoms with E-state index < -0.39 is 5.60 Å². The lowest BCUT2D eigenvalue weighted by Gasteiger charge is -2.53. The summed E-state index contributed by atoms with van der Waals surface area (Å²) in [6, 6.07) is 21.7. The number of fused-ring (bicyclic) bond motifs is 3.